The van der Waals surface area contributed by atoms with Gasteiger partial charge in [0.2, 0.25) is 0 Å². The molecule has 0 radical (unpaired) electrons. The van der Waals surface area contributed by atoms with Gasteiger partial charge in [0, 0.05) is 6.54 Å². The molecule has 1 atom stereocenters. The summed E-state index contributed by atoms with van der Waals surface area (Å²) in [7, 11) is -1.78. The second-order valence-electron chi connectivity index (χ2n) is 3.95. The molecule has 2 N–H and O–H groups in total. The van der Waals surface area contributed by atoms with Crippen LogP contribution in [-0.2, 0) is 9.84 Å². The highest BCUT2D eigenvalue weighted by Crippen LogP contribution is 2.27. The van der Waals surface area contributed by atoms with E-state index >= 15 is 0 Å². The fourth-order valence-corrected chi connectivity index (χ4v) is 2.48. The van der Waals surface area contributed by atoms with E-state index in [0.717, 1.165) is 0 Å². The first-order valence-electron chi connectivity index (χ1n) is 5.83. The summed E-state index contributed by atoms with van der Waals surface area (Å²) in [4.78, 5) is 0.221. The first-order valence-corrected chi connectivity index (χ1v) is 8.02. The van der Waals surface area contributed by atoms with Gasteiger partial charge in [-0.2, -0.15) is 0 Å². The first-order chi connectivity index (χ1) is 8.94. The molecular weight excluding hydrogens is 290 g/mol. The lowest BCUT2D eigenvalue weighted by atomic mass is 10.2. The molecule has 0 amide bonds. The summed E-state index contributed by atoms with van der Waals surface area (Å²) in [6, 6.07) is 4.58. The molecule has 19 heavy (non-hydrogen) atoms. The van der Waals surface area contributed by atoms with E-state index < -0.39 is 15.9 Å². The number of rotatable bonds is 7. The molecule has 1 aromatic rings. The Hall–Kier alpha value is -0.980. The van der Waals surface area contributed by atoms with Gasteiger partial charge in [-0.05, 0) is 18.2 Å². The third kappa shape index (κ3) is 4.26. The summed E-state index contributed by atoms with van der Waals surface area (Å²) in [6.45, 7) is 1.80. The van der Waals surface area contributed by atoms with E-state index in [9.17, 15) is 13.5 Å². The molecule has 0 saturated carbocycles. The smallest absolute Gasteiger partial charge is 0.178 e. The highest BCUT2D eigenvalue weighted by Gasteiger charge is 2.15. The van der Waals surface area contributed by atoms with Crippen LogP contribution in [0.15, 0.2) is 23.1 Å². The molecule has 5 nitrogen and oxygen atoms in total. The third-order valence-corrected chi connectivity index (χ3v) is 4.70. The summed E-state index contributed by atoms with van der Waals surface area (Å²) in [6.07, 6.45) is -0.710. The highest BCUT2D eigenvalue weighted by atomic mass is 35.5. The maximum Gasteiger partial charge on any atom is 0.178 e. The van der Waals surface area contributed by atoms with Crippen molar-refractivity contribution < 1.29 is 18.3 Å². The molecule has 0 aliphatic heterocycles. The van der Waals surface area contributed by atoms with Gasteiger partial charge in [-0.1, -0.05) is 6.92 Å². The van der Waals surface area contributed by atoms with Crippen LogP contribution in [-0.4, -0.2) is 44.9 Å². The van der Waals surface area contributed by atoms with Crippen molar-refractivity contribution in [2.75, 3.05) is 30.6 Å². The number of aliphatic hydroxyl groups is 1. The molecule has 7 heteroatoms. The number of benzene rings is 1. The summed E-state index contributed by atoms with van der Waals surface area (Å²) in [5.74, 6) is 0.641. The van der Waals surface area contributed by atoms with E-state index in [2.05, 4.69) is 5.32 Å². The minimum absolute atomic E-state index is 0.0308. The standard InChI is InChI=1S/C12H18ClNO4S/c1-3-19(16,17)10-4-5-12(18-2)11(6-10)14-8-9(15)7-13/h4-6,9,14-15H,3,7-8H2,1-2H3. The number of aliphatic hydroxyl groups excluding tert-OH is 1. The van der Waals surface area contributed by atoms with Gasteiger partial charge in [-0.3, -0.25) is 0 Å². The van der Waals surface area contributed by atoms with Crippen molar-refractivity contribution in [3.8, 4) is 5.75 Å². The minimum Gasteiger partial charge on any atom is -0.495 e. The Labute approximate surface area is 118 Å². The number of halogens is 1. The van der Waals surface area contributed by atoms with E-state index in [-0.39, 0.29) is 23.1 Å². The lowest BCUT2D eigenvalue weighted by Gasteiger charge is -2.14. The van der Waals surface area contributed by atoms with Gasteiger partial charge in [-0.15, -0.1) is 11.6 Å². The topological polar surface area (TPSA) is 75.6 Å². The van der Waals surface area contributed by atoms with Crippen LogP contribution in [0.5, 0.6) is 5.75 Å². The Morgan fingerprint density at radius 2 is 2.16 bits per heavy atom. The Bertz CT molecular complexity index is 518. The van der Waals surface area contributed by atoms with E-state index in [0.29, 0.717) is 11.4 Å². The fourth-order valence-electron chi connectivity index (χ4n) is 1.47. The van der Waals surface area contributed by atoms with Crippen molar-refractivity contribution in [1.82, 2.24) is 0 Å². The lowest BCUT2D eigenvalue weighted by molar-refractivity contribution is 0.211. The molecule has 0 aliphatic rings. The number of hydrogen-bond donors (Lipinski definition) is 2. The van der Waals surface area contributed by atoms with E-state index in [1.807, 2.05) is 0 Å². The van der Waals surface area contributed by atoms with Crippen molar-refractivity contribution in [3.63, 3.8) is 0 Å². The zero-order valence-electron chi connectivity index (χ0n) is 10.9. The molecule has 0 bridgehead atoms. The fraction of sp³-hybridized carbons (Fsp3) is 0.500. The van der Waals surface area contributed by atoms with Gasteiger partial charge >= 0.3 is 0 Å². The molecule has 0 fully saturated rings. The van der Waals surface area contributed by atoms with Crippen molar-refractivity contribution in [1.29, 1.82) is 0 Å². The minimum atomic E-state index is -3.27. The van der Waals surface area contributed by atoms with Crippen LogP contribution >= 0.6 is 11.6 Å². The molecule has 1 unspecified atom stereocenters. The highest BCUT2D eigenvalue weighted by molar-refractivity contribution is 7.91. The van der Waals surface area contributed by atoms with Gasteiger partial charge in [0.05, 0.1) is 35.4 Å². The average Bonchev–Trinajstić information content (AvgIpc) is 2.44. The van der Waals surface area contributed by atoms with E-state index in [1.165, 1.54) is 19.2 Å². The number of hydrogen-bond acceptors (Lipinski definition) is 5. The monoisotopic (exact) mass is 307 g/mol. The van der Waals surface area contributed by atoms with Gasteiger partial charge in [0.15, 0.2) is 9.84 Å². The SMILES string of the molecule is CCS(=O)(=O)c1ccc(OC)c(NCC(O)CCl)c1. The van der Waals surface area contributed by atoms with Gasteiger partial charge in [0.1, 0.15) is 5.75 Å². The Morgan fingerprint density at radius 3 is 2.68 bits per heavy atom. The number of sulfone groups is 1. The van der Waals surface area contributed by atoms with Crippen LogP contribution in [0, 0.1) is 0 Å². The first kappa shape index (κ1) is 16.1. The summed E-state index contributed by atoms with van der Waals surface area (Å²) in [5, 5.41) is 12.3. The molecule has 0 heterocycles. The predicted octanol–water partition coefficient (Wildman–Crippen LogP) is 1.50. The van der Waals surface area contributed by atoms with Crippen LogP contribution in [0.3, 0.4) is 0 Å². The molecule has 0 saturated heterocycles. The molecule has 108 valence electrons. The number of nitrogens with one attached hydrogen (secondary N) is 1. The molecule has 0 aliphatic carbocycles. The molecule has 0 spiro atoms. The third-order valence-electron chi connectivity index (χ3n) is 2.62. The summed E-state index contributed by atoms with van der Waals surface area (Å²) in [5.41, 5.74) is 0.515. The number of alkyl halides is 1. The van der Waals surface area contributed by atoms with Gasteiger partial charge < -0.3 is 15.2 Å². The zero-order valence-corrected chi connectivity index (χ0v) is 12.5. The summed E-state index contributed by atoms with van der Waals surface area (Å²) >= 11 is 5.50. The van der Waals surface area contributed by atoms with Crippen LogP contribution in [0.25, 0.3) is 0 Å². The number of ether oxygens (including phenoxy) is 1. The molecule has 1 aromatic carbocycles. The van der Waals surface area contributed by atoms with Crippen molar-refractivity contribution >= 4 is 27.1 Å². The Balaban J connectivity index is 3.03. The second-order valence-corrected chi connectivity index (χ2v) is 6.54. The lowest BCUT2D eigenvalue weighted by Crippen LogP contribution is -2.21. The predicted molar refractivity (Wildman–Crippen MR) is 75.9 cm³/mol. The molecule has 0 aromatic heterocycles. The van der Waals surface area contributed by atoms with E-state index in [1.54, 1.807) is 13.0 Å². The second kappa shape index (κ2) is 6.98. The zero-order chi connectivity index (χ0) is 14.5. The average molecular weight is 308 g/mol. The quantitative estimate of drug-likeness (QED) is 0.747. The van der Waals surface area contributed by atoms with Crippen LogP contribution in [0.1, 0.15) is 6.92 Å². The summed E-state index contributed by atoms with van der Waals surface area (Å²) < 4.78 is 28.8. The maximum absolute atomic E-state index is 11.8. The molecular formula is C12H18ClNO4S. The van der Waals surface area contributed by atoms with Crippen LogP contribution < -0.4 is 10.1 Å². The number of methoxy groups -OCH3 is 1. The normalized spacial score (nSPS) is 13.1. The van der Waals surface area contributed by atoms with E-state index in [4.69, 9.17) is 16.3 Å². The Kier molecular flexibility index (Phi) is 5.90. The molecule has 1 rings (SSSR count). The number of anilines is 1. The van der Waals surface area contributed by atoms with Crippen LogP contribution in [0.4, 0.5) is 5.69 Å². The van der Waals surface area contributed by atoms with Crippen molar-refractivity contribution in [2.45, 2.75) is 17.9 Å². The maximum atomic E-state index is 11.8. The Morgan fingerprint density at radius 1 is 1.47 bits per heavy atom. The van der Waals surface area contributed by atoms with Crippen LogP contribution in [0.2, 0.25) is 0 Å². The van der Waals surface area contributed by atoms with Crippen molar-refractivity contribution in [3.05, 3.63) is 18.2 Å². The van der Waals surface area contributed by atoms with Gasteiger partial charge in [-0.25, -0.2) is 8.42 Å². The van der Waals surface area contributed by atoms with Crippen molar-refractivity contribution in [2.24, 2.45) is 0 Å². The van der Waals surface area contributed by atoms with Gasteiger partial charge in [0.25, 0.3) is 0 Å². The largest absolute Gasteiger partial charge is 0.495 e.